The molecule has 2 amide bonds. The molecule has 0 spiro atoms. The fourth-order valence-electron chi connectivity index (χ4n) is 4.52. The number of benzene rings is 3. The van der Waals surface area contributed by atoms with Gasteiger partial charge >= 0.3 is 0 Å². The van der Waals surface area contributed by atoms with Gasteiger partial charge in [-0.3, -0.25) is 13.9 Å². The number of anilines is 1. The average molecular weight is 578 g/mol. The Balaban J connectivity index is 2.05. The van der Waals surface area contributed by atoms with Crippen LogP contribution in [0.2, 0.25) is 0 Å². The summed E-state index contributed by atoms with van der Waals surface area (Å²) in [7, 11) is -4.08. The van der Waals surface area contributed by atoms with Gasteiger partial charge in [0.15, 0.2) is 0 Å². The molecule has 3 aromatic carbocycles. The molecule has 0 bridgehead atoms. The molecular weight excluding hydrogens is 534 g/mol. The predicted molar refractivity (Wildman–Crippen MR) is 165 cm³/mol. The first-order valence-corrected chi connectivity index (χ1v) is 15.7. The van der Waals surface area contributed by atoms with Crippen LogP contribution >= 0.6 is 0 Å². The molecule has 0 unspecified atom stereocenters. The molecule has 0 fully saturated rings. The van der Waals surface area contributed by atoms with Crippen molar-refractivity contribution >= 4 is 27.5 Å². The SMILES string of the molecule is CC[C@H](C(=O)N[C@@H](C)CC)N(Cc1ccc(C)cc1)C(=O)CN(c1ccc(C(C)C)cc1)S(=O)(=O)c1ccccc1. The van der Waals surface area contributed by atoms with E-state index in [0.717, 1.165) is 27.4 Å². The molecule has 0 aromatic heterocycles. The van der Waals surface area contributed by atoms with Crippen LogP contribution in [0.1, 0.15) is 70.1 Å². The van der Waals surface area contributed by atoms with Crippen LogP contribution in [0.25, 0.3) is 0 Å². The van der Waals surface area contributed by atoms with Crippen LogP contribution in [-0.2, 0) is 26.2 Å². The quantitative estimate of drug-likeness (QED) is 0.269. The summed E-state index contributed by atoms with van der Waals surface area (Å²) in [6, 6.07) is 22.3. The molecule has 0 radical (unpaired) electrons. The smallest absolute Gasteiger partial charge is 0.264 e. The topological polar surface area (TPSA) is 86.8 Å². The predicted octanol–water partition coefficient (Wildman–Crippen LogP) is 6.04. The lowest BCUT2D eigenvalue weighted by Gasteiger charge is -2.33. The van der Waals surface area contributed by atoms with Crippen molar-refractivity contribution < 1.29 is 18.0 Å². The van der Waals surface area contributed by atoms with Crippen molar-refractivity contribution in [3.05, 3.63) is 95.6 Å². The van der Waals surface area contributed by atoms with Gasteiger partial charge in [-0.05, 0) is 68.0 Å². The Hall–Kier alpha value is -3.65. The Bertz CT molecular complexity index is 1390. The van der Waals surface area contributed by atoms with Gasteiger partial charge < -0.3 is 10.2 Å². The van der Waals surface area contributed by atoms with Gasteiger partial charge in [-0.2, -0.15) is 0 Å². The Morgan fingerprint density at radius 3 is 1.98 bits per heavy atom. The second kappa shape index (κ2) is 14.3. The van der Waals surface area contributed by atoms with Crippen molar-refractivity contribution in [2.24, 2.45) is 0 Å². The van der Waals surface area contributed by atoms with Crippen molar-refractivity contribution in [2.75, 3.05) is 10.8 Å². The van der Waals surface area contributed by atoms with Crippen LogP contribution in [0.3, 0.4) is 0 Å². The van der Waals surface area contributed by atoms with Crippen molar-refractivity contribution in [3.63, 3.8) is 0 Å². The van der Waals surface area contributed by atoms with Gasteiger partial charge in [-0.1, -0.05) is 87.9 Å². The molecule has 8 heteroatoms. The third kappa shape index (κ3) is 8.19. The standard InChI is InChI=1S/C33H43N3O4S/c1-7-26(6)34-33(38)31(8-2)35(22-27-16-14-25(5)15-17-27)32(37)23-36(29-20-18-28(19-21-29)24(3)4)41(39,40)30-12-10-9-11-13-30/h9-21,24,26,31H,7-8,22-23H2,1-6H3,(H,34,38)/t26-,31+/m0/s1. The van der Waals surface area contributed by atoms with E-state index in [1.807, 2.05) is 64.1 Å². The Kier molecular flexibility index (Phi) is 11.1. The zero-order chi connectivity index (χ0) is 30.2. The summed E-state index contributed by atoms with van der Waals surface area (Å²) < 4.78 is 29.0. The molecule has 220 valence electrons. The van der Waals surface area contributed by atoms with Crippen molar-refractivity contribution in [3.8, 4) is 0 Å². The van der Waals surface area contributed by atoms with Crippen LogP contribution in [0.15, 0.2) is 83.8 Å². The fraction of sp³-hybridized carbons (Fsp3) is 0.394. The number of sulfonamides is 1. The van der Waals surface area contributed by atoms with Gasteiger partial charge in [0.1, 0.15) is 12.6 Å². The lowest BCUT2D eigenvalue weighted by atomic mass is 10.0. The van der Waals surface area contributed by atoms with Gasteiger partial charge in [-0.15, -0.1) is 0 Å². The van der Waals surface area contributed by atoms with Crippen molar-refractivity contribution in [2.45, 2.75) is 83.8 Å². The van der Waals surface area contributed by atoms with Crippen LogP contribution < -0.4 is 9.62 Å². The van der Waals surface area contributed by atoms with E-state index in [2.05, 4.69) is 19.2 Å². The summed E-state index contributed by atoms with van der Waals surface area (Å²) in [6.07, 6.45) is 1.14. The fourth-order valence-corrected chi connectivity index (χ4v) is 5.96. The highest BCUT2D eigenvalue weighted by molar-refractivity contribution is 7.92. The summed E-state index contributed by atoms with van der Waals surface area (Å²) in [6.45, 7) is 11.6. The highest BCUT2D eigenvalue weighted by atomic mass is 32.2. The highest BCUT2D eigenvalue weighted by Crippen LogP contribution is 2.27. The minimum atomic E-state index is -4.08. The number of aryl methyl sites for hydroxylation is 1. The molecule has 7 nitrogen and oxygen atoms in total. The summed E-state index contributed by atoms with van der Waals surface area (Å²) in [4.78, 5) is 29.1. The molecule has 1 N–H and O–H groups in total. The largest absolute Gasteiger partial charge is 0.352 e. The normalized spacial score (nSPS) is 13.0. The molecule has 2 atom stereocenters. The summed E-state index contributed by atoms with van der Waals surface area (Å²) in [5.74, 6) is -0.436. The maximum atomic E-state index is 14.2. The lowest BCUT2D eigenvalue weighted by Crippen LogP contribution is -2.53. The number of rotatable bonds is 13. The minimum absolute atomic E-state index is 0.0534. The Morgan fingerprint density at radius 1 is 0.829 bits per heavy atom. The average Bonchev–Trinajstić information content (AvgIpc) is 2.97. The monoisotopic (exact) mass is 577 g/mol. The van der Waals surface area contributed by atoms with E-state index in [4.69, 9.17) is 0 Å². The highest BCUT2D eigenvalue weighted by Gasteiger charge is 2.34. The van der Waals surface area contributed by atoms with Gasteiger partial charge in [0, 0.05) is 12.6 Å². The summed E-state index contributed by atoms with van der Waals surface area (Å²) >= 11 is 0. The van der Waals surface area contributed by atoms with Gasteiger partial charge in [0.2, 0.25) is 11.8 Å². The number of carbonyl (C=O) groups is 2. The molecule has 0 aliphatic carbocycles. The van der Waals surface area contributed by atoms with Crippen LogP contribution in [0, 0.1) is 6.92 Å². The van der Waals surface area contributed by atoms with Crippen molar-refractivity contribution in [1.82, 2.24) is 10.2 Å². The molecule has 0 saturated carbocycles. The molecule has 0 heterocycles. The number of carbonyl (C=O) groups excluding carboxylic acids is 2. The molecule has 41 heavy (non-hydrogen) atoms. The van der Waals surface area contributed by atoms with Crippen LogP contribution in [-0.4, -0.2) is 43.8 Å². The second-order valence-corrected chi connectivity index (χ2v) is 12.7. The maximum absolute atomic E-state index is 14.2. The molecule has 0 aliphatic heterocycles. The third-order valence-electron chi connectivity index (χ3n) is 7.32. The second-order valence-electron chi connectivity index (χ2n) is 10.8. The number of nitrogens with one attached hydrogen (secondary N) is 1. The van der Waals surface area contributed by atoms with E-state index in [0.29, 0.717) is 12.1 Å². The Morgan fingerprint density at radius 2 is 1.44 bits per heavy atom. The van der Waals surface area contributed by atoms with Gasteiger partial charge in [-0.25, -0.2) is 8.42 Å². The molecule has 3 rings (SSSR count). The summed E-state index contributed by atoms with van der Waals surface area (Å²) in [5.41, 5.74) is 3.39. The lowest BCUT2D eigenvalue weighted by molar-refractivity contribution is -0.140. The van der Waals surface area contributed by atoms with E-state index < -0.39 is 28.5 Å². The number of hydrogen-bond acceptors (Lipinski definition) is 4. The number of amides is 2. The van der Waals surface area contributed by atoms with Crippen molar-refractivity contribution in [1.29, 1.82) is 0 Å². The zero-order valence-electron chi connectivity index (χ0n) is 25.0. The zero-order valence-corrected chi connectivity index (χ0v) is 25.8. The van der Waals surface area contributed by atoms with Crippen LogP contribution in [0.5, 0.6) is 0 Å². The first kappa shape index (κ1) is 31.9. The number of nitrogens with zero attached hydrogens (tertiary/aromatic N) is 2. The van der Waals surface area contributed by atoms with E-state index in [1.54, 1.807) is 30.3 Å². The first-order valence-electron chi connectivity index (χ1n) is 14.3. The minimum Gasteiger partial charge on any atom is -0.352 e. The van der Waals surface area contributed by atoms with E-state index in [-0.39, 0.29) is 29.3 Å². The first-order chi connectivity index (χ1) is 19.5. The van der Waals surface area contributed by atoms with E-state index in [9.17, 15) is 18.0 Å². The Labute approximate surface area is 245 Å². The van der Waals surface area contributed by atoms with Gasteiger partial charge in [0.25, 0.3) is 10.0 Å². The maximum Gasteiger partial charge on any atom is 0.264 e. The molecule has 0 aliphatic rings. The van der Waals surface area contributed by atoms with E-state index >= 15 is 0 Å². The summed E-state index contributed by atoms with van der Waals surface area (Å²) in [5, 5.41) is 3.00. The van der Waals surface area contributed by atoms with Crippen LogP contribution in [0.4, 0.5) is 5.69 Å². The third-order valence-corrected chi connectivity index (χ3v) is 9.11. The molecule has 3 aromatic rings. The van der Waals surface area contributed by atoms with Gasteiger partial charge in [0.05, 0.1) is 10.6 Å². The number of hydrogen-bond donors (Lipinski definition) is 1. The molecular formula is C33H43N3O4S. The molecule has 0 saturated heterocycles. The van der Waals surface area contributed by atoms with E-state index in [1.165, 1.54) is 17.0 Å².